The van der Waals surface area contributed by atoms with Crippen LogP contribution in [0.25, 0.3) is 0 Å². The fourth-order valence-corrected chi connectivity index (χ4v) is 2.28. The fraction of sp³-hybridized carbons (Fsp3) is 0.500. The van der Waals surface area contributed by atoms with Gasteiger partial charge in [-0.3, -0.25) is 4.79 Å². The molecule has 0 aromatic heterocycles. The SMILES string of the molecule is CCOc1ccc(C2OCCCC2C(=O)O)cc1. The van der Waals surface area contributed by atoms with Gasteiger partial charge in [0.1, 0.15) is 5.75 Å². The van der Waals surface area contributed by atoms with Crippen LogP contribution in [0.1, 0.15) is 31.4 Å². The minimum absolute atomic E-state index is 0.341. The fourth-order valence-electron chi connectivity index (χ4n) is 2.28. The van der Waals surface area contributed by atoms with Crippen LogP contribution < -0.4 is 4.74 Å². The van der Waals surface area contributed by atoms with Gasteiger partial charge in [-0.2, -0.15) is 0 Å². The van der Waals surface area contributed by atoms with Crippen molar-refractivity contribution < 1.29 is 19.4 Å². The Balaban J connectivity index is 2.15. The van der Waals surface area contributed by atoms with Gasteiger partial charge in [0.25, 0.3) is 0 Å². The molecule has 2 unspecified atom stereocenters. The van der Waals surface area contributed by atoms with Crippen LogP contribution in [0.4, 0.5) is 0 Å². The van der Waals surface area contributed by atoms with E-state index in [1.165, 1.54) is 0 Å². The highest BCUT2D eigenvalue weighted by Gasteiger charge is 2.32. The van der Waals surface area contributed by atoms with Gasteiger partial charge in [-0.15, -0.1) is 0 Å². The molecular formula is C14H18O4. The molecule has 0 amide bonds. The third-order valence-corrected chi connectivity index (χ3v) is 3.16. The number of carbonyl (C=O) groups is 1. The number of carboxylic acids is 1. The van der Waals surface area contributed by atoms with Crippen molar-refractivity contribution in [2.24, 2.45) is 5.92 Å². The summed E-state index contributed by atoms with van der Waals surface area (Å²) >= 11 is 0. The Bertz CT molecular complexity index is 399. The Kier molecular flexibility index (Phi) is 4.20. The Morgan fingerprint density at radius 1 is 1.44 bits per heavy atom. The maximum absolute atomic E-state index is 11.2. The lowest BCUT2D eigenvalue weighted by Crippen LogP contribution is -2.28. The minimum Gasteiger partial charge on any atom is -0.494 e. The largest absolute Gasteiger partial charge is 0.494 e. The molecule has 1 heterocycles. The first-order valence-corrected chi connectivity index (χ1v) is 6.29. The molecule has 4 heteroatoms. The second kappa shape index (κ2) is 5.87. The van der Waals surface area contributed by atoms with Crippen molar-refractivity contribution in [1.29, 1.82) is 0 Å². The van der Waals surface area contributed by atoms with Crippen molar-refractivity contribution in [3.63, 3.8) is 0 Å². The molecule has 1 aliphatic heterocycles. The van der Waals surface area contributed by atoms with E-state index in [4.69, 9.17) is 9.47 Å². The zero-order valence-corrected chi connectivity index (χ0v) is 10.5. The minimum atomic E-state index is -0.784. The van der Waals surface area contributed by atoms with E-state index in [0.29, 0.717) is 19.6 Å². The number of carboxylic acid groups (broad SMARTS) is 1. The second-order valence-corrected chi connectivity index (χ2v) is 4.38. The predicted octanol–water partition coefficient (Wildman–Crippen LogP) is 2.64. The Morgan fingerprint density at radius 3 is 2.78 bits per heavy atom. The molecule has 4 nitrogen and oxygen atoms in total. The summed E-state index contributed by atoms with van der Waals surface area (Å²) in [7, 11) is 0. The molecule has 0 saturated carbocycles. The van der Waals surface area contributed by atoms with E-state index in [0.717, 1.165) is 17.7 Å². The molecule has 2 rings (SSSR count). The summed E-state index contributed by atoms with van der Waals surface area (Å²) in [6, 6.07) is 7.49. The van der Waals surface area contributed by atoms with E-state index >= 15 is 0 Å². The summed E-state index contributed by atoms with van der Waals surface area (Å²) in [6.07, 6.45) is 1.14. The van der Waals surface area contributed by atoms with Crippen molar-refractivity contribution in [3.05, 3.63) is 29.8 Å². The molecular weight excluding hydrogens is 232 g/mol. The van der Waals surface area contributed by atoms with Crippen LogP contribution in [-0.2, 0) is 9.53 Å². The van der Waals surface area contributed by atoms with Gasteiger partial charge in [0, 0.05) is 6.61 Å². The number of hydrogen-bond acceptors (Lipinski definition) is 3. The predicted molar refractivity (Wildman–Crippen MR) is 66.7 cm³/mol. The molecule has 1 aliphatic rings. The third kappa shape index (κ3) is 2.82. The normalized spacial score (nSPS) is 23.6. The number of rotatable bonds is 4. The Labute approximate surface area is 107 Å². The average Bonchev–Trinajstić information content (AvgIpc) is 2.40. The van der Waals surface area contributed by atoms with Crippen molar-refractivity contribution in [2.75, 3.05) is 13.2 Å². The molecule has 1 saturated heterocycles. The van der Waals surface area contributed by atoms with Crippen LogP contribution in [0, 0.1) is 5.92 Å². The lowest BCUT2D eigenvalue weighted by molar-refractivity contribution is -0.151. The molecule has 0 aliphatic carbocycles. The van der Waals surface area contributed by atoms with Crippen LogP contribution in [0.3, 0.4) is 0 Å². The van der Waals surface area contributed by atoms with Gasteiger partial charge in [0.2, 0.25) is 0 Å². The first-order valence-electron chi connectivity index (χ1n) is 6.29. The highest BCUT2D eigenvalue weighted by atomic mass is 16.5. The summed E-state index contributed by atoms with van der Waals surface area (Å²) in [4.78, 5) is 11.2. The topological polar surface area (TPSA) is 55.8 Å². The molecule has 0 spiro atoms. The monoisotopic (exact) mass is 250 g/mol. The van der Waals surface area contributed by atoms with Gasteiger partial charge in [-0.25, -0.2) is 0 Å². The van der Waals surface area contributed by atoms with E-state index < -0.39 is 11.9 Å². The van der Waals surface area contributed by atoms with Gasteiger partial charge in [-0.1, -0.05) is 12.1 Å². The van der Waals surface area contributed by atoms with Crippen molar-refractivity contribution >= 4 is 5.97 Å². The van der Waals surface area contributed by atoms with Crippen LogP contribution in [-0.4, -0.2) is 24.3 Å². The third-order valence-electron chi connectivity index (χ3n) is 3.16. The number of ether oxygens (including phenoxy) is 2. The number of aliphatic carboxylic acids is 1. The van der Waals surface area contributed by atoms with Crippen LogP contribution in [0.5, 0.6) is 5.75 Å². The maximum Gasteiger partial charge on any atom is 0.309 e. The van der Waals surface area contributed by atoms with Gasteiger partial charge >= 0.3 is 5.97 Å². The van der Waals surface area contributed by atoms with Crippen LogP contribution in [0.2, 0.25) is 0 Å². The zero-order valence-electron chi connectivity index (χ0n) is 10.5. The van der Waals surface area contributed by atoms with Gasteiger partial charge in [0.15, 0.2) is 0 Å². The van der Waals surface area contributed by atoms with E-state index in [1.807, 2.05) is 31.2 Å². The molecule has 1 N–H and O–H groups in total. The van der Waals surface area contributed by atoms with E-state index in [1.54, 1.807) is 0 Å². The lowest BCUT2D eigenvalue weighted by atomic mass is 9.89. The highest BCUT2D eigenvalue weighted by Crippen LogP contribution is 2.34. The van der Waals surface area contributed by atoms with Crippen molar-refractivity contribution in [3.8, 4) is 5.75 Å². The zero-order chi connectivity index (χ0) is 13.0. The Morgan fingerprint density at radius 2 is 2.17 bits per heavy atom. The maximum atomic E-state index is 11.2. The van der Waals surface area contributed by atoms with Gasteiger partial charge in [-0.05, 0) is 37.5 Å². The van der Waals surface area contributed by atoms with Gasteiger partial charge < -0.3 is 14.6 Å². The smallest absolute Gasteiger partial charge is 0.309 e. The first kappa shape index (κ1) is 12.9. The molecule has 0 bridgehead atoms. The molecule has 2 atom stereocenters. The summed E-state index contributed by atoms with van der Waals surface area (Å²) in [6.45, 7) is 3.18. The quantitative estimate of drug-likeness (QED) is 0.892. The summed E-state index contributed by atoms with van der Waals surface area (Å²) in [5.41, 5.74) is 0.908. The summed E-state index contributed by atoms with van der Waals surface area (Å²) in [5, 5.41) is 9.20. The molecule has 98 valence electrons. The van der Waals surface area contributed by atoms with Crippen LogP contribution in [0.15, 0.2) is 24.3 Å². The molecule has 0 radical (unpaired) electrons. The number of hydrogen-bond donors (Lipinski definition) is 1. The molecule has 18 heavy (non-hydrogen) atoms. The molecule has 1 aromatic carbocycles. The average molecular weight is 250 g/mol. The Hall–Kier alpha value is -1.55. The van der Waals surface area contributed by atoms with E-state index in [2.05, 4.69) is 0 Å². The van der Waals surface area contributed by atoms with E-state index in [-0.39, 0.29) is 6.10 Å². The van der Waals surface area contributed by atoms with Gasteiger partial charge in [0.05, 0.1) is 18.6 Å². The lowest BCUT2D eigenvalue weighted by Gasteiger charge is -2.29. The van der Waals surface area contributed by atoms with Crippen LogP contribution >= 0.6 is 0 Å². The molecule has 1 fully saturated rings. The summed E-state index contributed by atoms with van der Waals surface area (Å²) < 4.78 is 11.0. The second-order valence-electron chi connectivity index (χ2n) is 4.38. The van der Waals surface area contributed by atoms with E-state index in [9.17, 15) is 9.90 Å². The standard InChI is InChI=1S/C14H18O4/c1-2-17-11-7-5-10(6-8-11)13-12(14(15)16)4-3-9-18-13/h5-8,12-13H,2-4,9H2,1H3,(H,15,16). The highest BCUT2D eigenvalue weighted by molar-refractivity contribution is 5.71. The first-order chi connectivity index (χ1) is 8.72. The summed E-state index contributed by atoms with van der Waals surface area (Å²) in [5.74, 6) is -0.436. The number of benzene rings is 1. The van der Waals surface area contributed by atoms with Crippen molar-refractivity contribution in [1.82, 2.24) is 0 Å². The van der Waals surface area contributed by atoms with Crippen molar-refractivity contribution in [2.45, 2.75) is 25.9 Å². The molecule has 1 aromatic rings.